The van der Waals surface area contributed by atoms with E-state index in [1.807, 2.05) is 0 Å². The van der Waals surface area contributed by atoms with Crippen molar-refractivity contribution in [2.24, 2.45) is 0 Å². The highest BCUT2D eigenvalue weighted by molar-refractivity contribution is 9.10. The van der Waals surface area contributed by atoms with Gasteiger partial charge in [-0.15, -0.1) is 0 Å². The highest BCUT2D eigenvalue weighted by atomic mass is 79.9. The standard InChI is InChI=1S/C8H13BrO4/c1-2-13-7(10)5-3-4-6(9)8(11)12/h6H,2-5H2,1H3,(H,11,12). The second kappa shape index (κ2) is 6.88. The lowest BCUT2D eigenvalue weighted by molar-refractivity contribution is -0.143. The topological polar surface area (TPSA) is 63.6 Å². The van der Waals surface area contributed by atoms with Gasteiger partial charge in [0.25, 0.3) is 0 Å². The minimum Gasteiger partial charge on any atom is -0.480 e. The van der Waals surface area contributed by atoms with Gasteiger partial charge in [0.2, 0.25) is 0 Å². The quantitative estimate of drug-likeness (QED) is 0.576. The molecule has 1 N–H and O–H groups in total. The number of hydrogen-bond acceptors (Lipinski definition) is 3. The van der Waals surface area contributed by atoms with Crippen molar-refractivity contribution in [2.75, 3.05) is 6.61 Å². The number of esters is 1. The van der Waals surface area contributed by atoms with Crippen LogP contribution in [0.5, 0.6) is 0 Å². The van der Waals surface area contributed by atoms with Crippen LogP contribution in [0.4, 0.5) is 0 Å². The number of rotatable bonds is 6. The highest BCUT2D eigenvalue weighted by Crippen LogP contribution is 2.10. The van der Waals surface area contributed by atoms with E-state index in [1.165, 1.54) is 0 Å². The molecule has 0 bridgehead atoms. The van der Waals surface area contributed by atoms with Gasteiger partial charge in [0.1, 0.15) is 4.83 Å². The Morgan fingerprint density at radius 2 is 2.15 bits per heavy atom. The van der Waals surface area contributed by atoms with Gasteiger partial charge in [0.05, 0.1) is 6.61 Å². The molecule has 0 amide bonds. The molecule has 0 spiro atoms. The average Bonchev–Trinajstić information content (AvgIpc) is 2.04. The Kier molecular flexibility index (Phi) is 6.58. The van der Waals surface area contributed by atoms with Crippen molar-refractivity contribution < 1.29 is 19.4 Å². The molecule has 5 heteroatoms. The van der Waals surface area contributed by atoms with Crippen molar-refractivity contribution in [1.82, 2.24) is 0 Å². The first-order chi connectivity index (χ1) is 6.07. The minimum atomic E-state index is -0.899. The van der Waals surface area contributed by atoms with Crippen LogP contribution in [0.25, 0.3) is 0 Å². The normalized spacial score (nSPS) is 12.2. The van der Waals surface area contributed by atoms with Crippen LogP contribution in [0, 0.1) is 0 Å². The molecule has 0 aromatic rings. The third kappa shape index (κ3) is 6.57. The van der Waals surface area contributed by atoms with Gasteiger partial charge < -0.3 is 9.84 Å². The van der Waals surface area contributed by atoms with E-state index in [-0.39, 0.29) is 12.4 Å². The molecule has 0 saturated carbocycles. The number of alkyl halides is 1. The van der Waals surface area contributed by atoms with Gasteiger partial charge in [-0.2, -0.15) is 0 Å². The molecule has 13 heavy (non-hydrogen) atoms. The molecule has 0 fully saturated rings. The molecule has 0 heterocycles. The molecule has 0 aliphatic carbocycles. The summed E-state index contributed by atoms with van der Waals surface area (Å²) < 4.78 is 4.68. The zero-order chi connectivity index (χ0) is 10.3. The molecule has 0 aliphatic rings. The lowest BCUT2D eigenvalue weighted by Gasteiger charge is -2.03. The molecule has 1 atom stereocenters. The molecule has 4 nitrogen and oxygen atoms in total. The first kappa shape index (κ1) is 12.4. The number of halogens is 1. The van der Waals surface area contributed by atoms with Crippen molar-refractivity contribution in [2.45, 2.75) is 31.0 Å². The number of carboxylic acids is 1. The first-order valence-electron chi connectivity index (χ1n) is 4.10. The summed E-state index contributed by atoms with van der Waals surface area (Å²) in [5.41, 5.74) is 0. The van der Waals surface area contributed by atoms with Crippen LogP contribution < -0.4 is 0 Å². The van der Waals surface area contributed by atoms with Crippen LogP contribution in [-0.4, -0.2) is 28.5 Å². The number of carboxylic acid groups (broad SMARTS) is 1. The summed E-state index contributed by atoms with van der Waals surface area (Å²) in [5, 5.41) is 8.49. The Bertz CT molecular complexity index is 181. The predicted molar refractivity (Wildman–Crippen MR) is 50.8 cm³/mol. The van der Waals surface area contributed by atoms with Gasteiger partial charge in [0, 0.05) is 6.42 Å². The first-order valence-corrected chi connectivity index (χ1v) is 5.02. The summed E-state index contributed by atoms with van der Waals surface area (Å²) in [6.07, 6.45) is 1.25. The monoisotopic (exact) mass is 252 g/mol. The summed E-state index contributed by atoms with van der Waals surface area (Å²) in [4.78, 5) is 20.6. The van der Waals surface area contributed by atoms with Crippen molar-refractivity contribution in [3.8, 4) is 0 Å². The second-order valence-corrected chi connectivity index (χ2v) is 3.61. The Morgan fingerprint density at radius 1 is 1.54 bits per heavy atom. The zero-order valence-corrected chi connectivity index (χ0v) is 9.04. The summed E-state index contributed by atoms with van der Waals surface area (Å²) >= 11 is 2.98. The molecule has 0 aromatic heterocycles. The van der Waals surface area contributed by atoms with Gasteiger partial charge in [-0.3, -0.25) is 9.59 Å². The van der Waals surface area contributed by atoms with Gasteiger partial charge in [-0.25, -0.2) is 0 Å². The number of hydrogen-bond donors (Lipinski definition) is 1. The molecular formula is C8H13BrO4. The molecule has 1 unspecified atom stereocenters. The fraction of sp³-hybridized carbons (Fsp3) is 0.750. The number of carbonyl (C=O) groups is 2. The van der Waals surface area contributed by atoms with E-state index in [1.54, 1.807) is 6.92 Å². The predicted octanol–water partition coefficient (Wildman–Crippen LogP) is 1.57. The maximum Gasteiger partial charge on any atom is 0.317 e. The summed E-state index contributed by atoms with van der Waals surface area (Å²) in [5.74, 6) is -1.17. The molecule has 0 rings (SSSR count). The molecule has 0 saturated heterocycles. The molecule has 0 radical (unpaired) electrons. The van der Waals surface area contributed by atoms with Crippen molar-refractivity contribution >= 4 is 27.9 Å². The van der Waals surface area contributed by atoms with Crippen LogP contribution in [0.2, 0.25) is 0 Å². The average molecular weight is 253 g/mol. The van der Waals surface area contributed by atoms with Crippen LogP contribution in [0.15, 0.2) is 0 Å². The molecule has 0 aromatic carbocycles. The fourth-order valence-electron chi connectivity index (χ4n) is 0.782. The van der Waals surface area contributed by atoms with Crippen LogP contribution in [-0.2, 0) is 14.3 Å². The Labute approximate surface area is 85.4 Å². The molecule has 76 valence electrons. The van der Waals surface area contributed by atoms with Crippen molar-refractivity contribution in [1.29, 1.82) is 0 Å². The largest absolute Gasteiger partial charge is 0.480 e. The van der Waals surface area contributed by atoms with E-state index in [4.69, 9.17) is 5.11 Å². The maximum atomic E-state index is 10.8. The maximum absolute atomic E-state index is 10.8. The number of carbonyl (C=O) groups excluding carboxylic acids is 1. The third-order valence-electron chi connectivity index (χ3n) is 1.41. The lowest BCUT2D eigenvalue weighted by atomic mass is 10.2. The summed E-state index contributed by atoms with van der Waals surface area (Å²) in [6, 6.07) is 0. The second-order valence-electron chi connectivity index (χ2n) is 2.50. The summed E-state index contributed by atoms with van der Waals surface area (Å²) in [6.45, 7) is 2.11. The smallest absolute Gasteiger partial charge is 0.317 e. The van der Waals surface area contributed by atoms with Crippen molar-refractivity contribution in [3.63, 3.8) is 0 Å². The van der Waals surface area contributed by atoms with E-state index in [0.717, 1.165) is 0 Å². The van der Waals surface area contributed by atoms with Crippen molar-refractivity contribution in [3.05, 3.63) is 0 Å². The SMILES string of the molecule is CCOC(=O)CCCC(Br)C(=O)O. The highest BCUT2D eigenvalue weighted by Gasteiger charge is 2.13. The zero-order valence-electron chi connectivity index (χ0n) is 7.46. The van der Waals surface area contributed by atoms with E-state index >= 15 is 0 Å². The lowest BCUT2D eigenvalue weighted by Crippen LogP contribution is -2.13. The third-order valence-corrected chi connectivity index (χ3v) is 2.26. The van der Waals surface area contributed by atoms with Crippen LogP contribution >= 0.6 is 15.9 Å². The Balaban J connectivity index is 3.44. The van der Waals surface area contributed by atoms with Crippen LogP contribution in [0.1, 0.15) is 26.2 Å². The molecular weight excluding hydrogens is 240 g/mol. The number of aliphatic carboxylic acids is 1. The van der Waals surface area contributed by atoms with E-state index in [9.17, 15) is 9.59 Å². The number of ether oxygens (including phenoxy) is 1. The fourth-order valence-corrected chi connectivity index (χ4v) is 1.11. The van der Waals surface area contributed by atoms with E-state index < -0.39 is 10.8 Å². The minimum absolute atomic E-state index is 0.271. The molecule has 0 aliphatic heterocycles. The van der Waals surface area contributed by atoms with Gasteiger partial charge in [-0.1, -0.05) is 15.9 Å². The summed E-state index contributed by atoms with van der Waals surface area (Å²) in [7, 11) is 0. The van der Waals surface area contributed by atoms with Crippen LogP contribution in [0.3, 0.4) is 0 Å². The van der Waals surface area contributed by atoms with Gasteiger partial charge in [0.15, 0.2) is 0 Å². The van der Waals surface area contributed by atoms with E-state index in [2.05, 4.69) is 20.7 Å². The Morgan fingerprint density at radius 3 is 2.62 bits per heavy atom. The van der Waals surface area contributed by atoms with Gasteiger partial charge >= 0.3 is 11.9 Å². The Hall–Kier alpha value is -0.580. The van der Waals surface area contributed by atoms with Gasteiger partial charge in [-0.05, 0) is 19.8 Å². The van der Waals surface area contributed by atoms with E-state index in [0.29, 0.717) is 19.4 Å².